The molecule has 3 aliphatic carbocycles. The molecule has 3 fully saturated rings. The van der Waals surface area contributed by atoms with Crippen LogP contribution in [0.5, 0.6) is 0 Å². The normalized spacial score (nSPS) is 68.3. The Morgan fingerprint density at radius 3 is 3.27 bits per heavy atom. The second-order valence-corrected chi connectivity index (χ2v) is 4.66. The zero-order valence-corrected chi connectivity index (χ0v) is 6.79. The largest absolute Gasteiger partial charge is 0.393 e. The predicted molar refractivity (Wildman–Crippen MR) is 43.1 cm³/mol. The van der Waals surface area contributed by atoms with Crippen LogP contribution in [0.2, 0.25) is 0 Å². The van der Waals surface area contributed by atoms with Crippen LogP contribution in [-0.2, 0) is 0 Å². The highest BCUT2D eigenvalue weighted by Crippen LogP contribution is 2.64. The first-order valence-corrected chi connectivity index (χ1v) is 4.84. The minimum absolute atomic E-state index is 0.153. The van der Waals surface area contributed by atoms with Crippen LogP contribution in [0.3, 0.4) is 0 Å². The van der Waals surface area contributed by atoms with Gasteiger partial charge in [0.15, 0.2) is 0 Å². The standard InChI is InChI=1S/C10H16O/c11-9-5-7-4-8-2-1-3-10(8,9)6-7/h7-9,11H,1-6H2/t7-,8+,9-,10+/m0/s1/i5D/t5-,7-,8+,9-,10+. The predicted octanol–water partition coefficient (Wildman–Crippen LogP) is 1.95. The highest BCUT2D eigenvalue weighted by atomic mass is 16.3. The maximum Gasteiger partial charge on any atom is 0.0601 e. The van der Waals surface area contributed by atoms with E-state index in [1.807, 2.05) is 0 Å². The number of aliphatic hydroxyl groups excluding tert-OH is 1. The molecule has 1 N–H and O–H groups in total. The molecule has 3 rings (SSSR count). The van der Waals surface area contributed by atoms with E-state index in [2.05, 4.69) is 0 Å². The molecule has 1 nitrogen and oxygen atoms in total. The lowest BCUT2D eigenvalue weighted by molar-refractivity contribution is 0.0173. The number of hydrogen-bond acceptors (Lipinski definition) is 1. The van der Waals surface area contributed by atoms with Gasteiger partial charge in [-0.05, 0) is 49.3 Å². The Bertz CT molecular complexity index is 218. The van der Waals surface area contributed by atoms with Crippen molar-refractivity contribution in [3.05, 3.63) is 0 Å². The van der Waals surface area contributed by atoms with Gasteiger partial charge in [0.05, 0.1) is 6.10 Å². The van der Waals surface area contributed by atoms with Gasteiger partial charge in [-0.25, -0.2) is 0 Å². The van der Waals surface area contributed by atoms with Gasteiger partial charge in [-0.2, -0.15) is 0 Å². The monoisotopic (exact) mass is 153 g/mol. The quantitative estimate of drug-likeness (QED) is 0.564. The zero-order valence-electron chi connectivity index (χ0n) is 7.79. The highest BCUT2D eigenvalue weighted by Gasteiger charge is 2.58. The molecule has 2 bridgehead atoms. The zero-order chi connectivity index (χ0) is 8.34. The SMILES string of the molecule is [2H][C@H]1[C@@H]2C[C@H]3CCC[C@]3(C2)[C@H]1O. The van der Waals surface area contributed by atoms with E-state index in [4.69, 9.17) is 1.37 Å². The van der Waals surface area contributed by atoms with Gasteiger partial charge in [0.2, 0.25) is 0 Å². The molecule has 0 saturated heterocycles. The van der Waals surface area contributed by atoms with E-state index in [1.165, 1.54) is 25.7 Å². The lowest BCUT2D eigenvalue weighted by atomic mass is 9.75. The fraction of sp³-hybridized carbons (Fsp3) is 1.00. The smallest absolute Gasteiger partial charge is 0.0601 e. The molecular weight excluding hydrogens is 136 g/mol. The first-order valence-electron chi connectivity index (χ1n) is 5.42. The van der Waals surface area contributed by atoms with Crippen molar-refractivity contribution >= 4 is 0 Å². The van der Waals surface area contributed by atoms with Crippen molar-refractivity contribution in [3.63, 3.8) is 0 Å². The second kappa shape index (κ2) is 1.82. The van der Waals surface area contributed by atoms with Crippen molar-refractivity contribution in [2.45, 2.75) is 44.6 Å². The lowest BCUT2D eigenvalue weighted by Crippen LogP contribution is -2.33. The molecule has 3 aliphatic rings. The molecule has 0 aromatic heterocycles. The summed E-state index contributed by atoms with van der Waals surface area (Å²) in [5, 5.41) is 9.96. The molecule has 0 heterocycles. The summed E-state index contributed by atoms with van der Waals surface area (Å²) in [6.45, 7) is 0. The summed E-state index contributed by atoms with van der Waals surface area (Å²) in [5.41, 5.74) is 0.219. The Labute approximate surface area is 69.2 Å². The van der Waals surface area contributed by atoms with E-state index in [0.717, 1.165) is 12.3 Å². The number of rotatable bonds is 0. The van der Waals surface area contributed by atoms with E-state index in [-0.39, 0.29) is 17.9 Å². The molecule has 0 aromatic carbocycles. The molecule has 1 heteroatoms. The van der Waals surface area contributed by atoms with E-state index in [0.29, 0.717) is 5.92 Å². The molecular formula is C10H16O. The van der Waals surface area contributed by atoms with Gasteiger partial charge in [0, 0.05) is 1.37 Å². The van der Waals surface area contributed by atoms with E-state index in [1.54, 1.807) is 0 Å². The minimum atomic E-state index is -0.288. The molecule has 62 valence electrons. The van der Waals surface area contributed by atoms with Gasteiger partial charge in [0.1, 0.15) is 0 Å². The van der Waals surface area contributed by atoms with Crippen LogP contribution in [-0.4, -0.2) is 11.2 Å². The number of hydrogen-bond donors (Lipinski definition) is 1. The fourth-order valence-corrected chi connectivity index (χ4v) is 3.83. The van der Waals surface area contributed by atoms with Crippen molar-refractivity contribution < 1.29 is 6.48 Å². The van der Waals surface area contributed by atoms with Gasteiger partial charge in [-0.3, -0.25) is 0 Å². The van der Waals surface area contributed by atoms with Crippen LogP contribution in [0.1, 0.15) is 39.9 Å². The Morgan fingerprint density at radius 2 is 2.45 bits per heavy atom. The maximum atomic E-state index is 9.96. The summed E-state index contributed by atoms with van der Waals surface area (Å²) in [5.74, 6) is 1.31. The molecule has 3 saturated carbocycles. The fourth-order valence-electron chi connectivity index (χ4n) is 3.83. The van der Waals surface area contributed by atoms with E-state index >= 15 is 0 Å². The molecule has 0 radical (unpaired) electrons. The van der Waals surface area contributed by atoms with Crippen molar-refractivity contribution in [1.82, 2.24) is 0 Å². The molecule has 0 aliphatic heterocycles. The Kier molecular flexibility index (Phi) is 0.923. The van der Waals surface area contributed by atoms with Crippen molar-refractivity contribution in [1.29, 1.82) is 0 Å². The summed E-state index contributed by atoms with van der Waals surface area (Å²) < 4.78 is 7.82. The van der Waals surface area contributed by atoms with Crippen LogP contribution in [0.4, 0.5) is 0 Å². The highest BCUT2D eigenvalue weighted by molar-refractivity contribution is 5.09. The summed E-state index contributed by atoms with van der Waals surface area (Å²) in [6, 6.07) is 0. The summed E-state index contributed by atoms with van der Waals surface area (Å²) in [6.07, 6.45) is 5.77. The topological polar surface area (TPSA) is 20.2 Å². The minimum Gasteiger partial charge on any atom is -0.393 e. The molecule has 0 aromatic rings. The van der Waals surface area contributed by atoms with Crippen LogP contribution >= 0.6 is 0 Å². The van der Waals surface area contributed by atoms with Gasteiger partial charge in [-0.1, -0.05) is 6.42 Å². The molecule has 1 spiro atoms. The molecule has 0 amide bonds. The van der Waals surface area contributed by atoms with Gasteiger partial charge >= 0.3 is 0 Å². The summed E-state index contributed by atoms with van der Waals surface area (Å²) >= 11 is 0. The van der Waals surface area contributed by atoms with Gasteiger partial charge < -0.3 is 5.11 Å². The average Bonchev–Trinajstić information content (AvgIpc) is 2.60. The Balaban J connectivity index is 2.00. The first-order chi connectivity index (χ1) is 5.74. The second-order valence-electron chi connectivity index (χ2n) is 4.66. The Morgan fingerprint density at radius 1 is 1.55 bits per heavy atom. The number of aliphatic hydroxyl groups is 1. The number of fused-ring (bicyclic) bond motifs is 1. The lowest BCUT2D eigenvalue weighted by Gasteiger charge is -2.33. The Hall–Kier alpha value is -0.0400. The third kappa shape index (κ3) is 0.618. The molecule has 0 unspecified atom stereocenters. The van der Waals surface area contributed by atoms with Crippen LogP contribution in [0.25, 0.3) is 0 Å². The molecule has 5 atom stereocenters. The average molecular weight is 153 g/mol. The van der Waals surface area contributed by atoms with Crippen molar-refractivity contribution in [3.8, 4) is 0 Å². The third-order valence-corrected chi connectivity index (χ3v) is 4.28. The van der Waals surface area contributed by atoms with E-state index in [9.17, 15) is 5.11 Å². The first kappa shape index (κ1) is 5.58. The molecule has 11 heavy (non-hydrogen) atoms. The van der Waals surface area contributed by atoms with E-state index < -0.39 is 0 Å². The third-order valence-electron chi connectivity index (χ3n) is 4.28. The summed E-state index contributed by atoms with van der Waals surface area (Å²) in [4.78, 5) is 0. The van der Waals surface area contributed by atoms with Crippen LogP contribution < -0.4 is 0 Å². The van der Waals surface area contributed by atoms with Crippen LogP contribution in [0.15, 0.2) is 0 Å². The van der Waals surface area contributed by atoms with Gasteiger partial charge in [-0.15, -0.1) is 0 Å². The maximum absolute atomic E-state index is 9.96. The van der Waals surface area contributed by atoms with Gasteiger partial charge in [0.25, 0.3) is 0 Å². The van der Waals surface area contributed by atoms with Crippen molar-refractivity contribution in [2.24, 2.45) is 17.3 Å². The van der Waals surface area contributed by atoms with Crippen molar-refractivity contribution in [2.75, 3.05) is 0 Å². The summed E-state index contributed by atoms with van der Waals surface area (Å²) in [7, 11) is 0. The van der Waals surface area contributed by atoms with Crippen LogP contribution in [0, 0.1) is 17.3 Å².